The molecule has 0 aliphatic carbocycles. The van der Waals surface area contributed by atoms with Gasteiger partial charge in [-0.05, 0) is 19.4 Å². The van der Waals surface area contributed by atoms with Crippen molar-refractivity contribution in [1.82, 2.24) is 0 Å². The predicted octanol–water partition coefficient (Wildman–Crippen LogP) is 2.06. The molecule has 1 aromatic rings. The zero-order chi connectivity index (χ0) is 8.10. The Balaban J connectivity index is 2.37. The van der Waals surface area contributed by atoms with Crippen LogP contribution in [0.4, 0.5) is 0 Å². The largest absolute Gasteiger partial charge is 0.472 e. The molecule has 0 saturated carbocycles. The van der Waals surface area contributed by atoms with Crippen molar-refractivity contribution in [2.24, 2.45) is 0 Å². The molecule has 0 amide bonds. The van der Waals surface area contributed by atoms with Crippen LogP contribution in [-0.2, 0) is 0 Å². The molecule has 0 radical (unpaired) electrons. The van der Waals surface area contributed by atoms with Gasteiger partial charge < -0.3 is 9.52 Å². The molecule has 0 aliphatic heterocycles. The summed E-state index contributed by atoms with van der Waals surface area (Å²) in [5, 5.41) is 8.91. The Morgan fingerprint density at radius 2 is 2.55 bits per heavy atom. The average Bonchev–Trinajstić information content (AvgIpc) is 2.39. The lowest BCUT2D eigenvalue weighted by Gasteiger charge is -1.94. The number of hydrogen-bond donors (Lipinski definition) is 1. The molecule has 0 spiro atoms. The Hall–Kier alpha value is -1.02. The molecule has 0 bridgehead atoms. The van der Waals surface area contributed by atoms with Crippen molar-refractivity contribution in [2.45, 2.75) is 19.4 Å². The van der Waals surface area contributed by atoms with Gasteiger partial charge in [-0.25, -0.2) is 0 Å². The van der Waals surface area contributed by atoms with E-state index in [1.807, 2.05) is 18.2 Å². The highest BCUT2D eigenvalue weighted by molar-refractivity contribution is 5.46. The second-order valence-electron chi connectivity index (χ2n) is 2.54. The Labute approximate surface area is 66.2 Å². The van der Waals surface area contributed by atoms with Crippen molar-refractivity contribution >= 4 is 6.08 Å². The SMILES string of the molecule is CC(O)C/C=C/c1ccoc1. The lowest BCUT2D eigenvalue weighted by Crippen LogP contribution is -1.94. The van der Waals surface area contributed by atoms with Gasteiger partial charge in [-0.3, -0.25) is 0 Å². The van der Waals surface area contributed by atoms with E-state index in [0.29, 0.717) is 6.42 Å². The van der Waals surface area contributed by atoms with Gasteiger partial charge in [0.15, 0.2) is 0 Å². The minimum absolute atomic E-state index is 0.266. The lowest BCUT2D eigenvalue weighted by molar-refractivity contribution is 0.199. The fourth-order valence-electron chi connectivity index (χ4n) is 0.771. The lowest BCUT2D eigenvalue weighted by atomic mass is 10.2. The monoisotopic (exact) mass is 152 g/mol. The molecule has 0 aromatic carbocycles. The summed E-state index contributed by atoms with van der Waals surface area (Å²) in [6.45, 7) is 1.76. The fourth-order valence-corrected chi connectivity index (χ4v) is 0.771. The Bertz CT molecular complexity index is 209. The first-order valence-corrected chi connectivity index (χ1v) is 3.66. The van der Waals surface area contributed by atoms with E-state index in [0.717, 1.165) is 5.56 Å². The van der Waals surface area contributed by atoms with Crippen molar-refractivity contribution in [1.29, 1.82) is 0 Å². The van der Waals surface area contributed by atoms with E-state index in [-0.39, 0.29) is 6.10 Å². The van der Waals surface area contributed by atoms with E-state index in [1.165, 1.54) is 0 Å². The minimum atomic E-state index is -0.266. The maximum Gasteiger partial charge on any atom is 0.0974 e. The first kappa shape index (κ1) is 8.08. The standard InChI is InChI=1S/C9H12O2/c1-8(10)3-2-4-9-5-6-11-7-9/h2,4-8,10H,3H2,1H3/b4-2+. The Morgan fingerprint density at radius 1 is 1.73 bits per heavy atom. The topological polar surface area (TPSA) is 33.4 Å². The molecule has 0 fully saturated rings. The van der Waals surface area contributed by atoms with Crippen molar-refractivity contribution in [3.63, 3.8) is 0 Å². The number of aliphatic hydroxyl groups excluding tert-OH is 1. The van der Waals surface area contributed by atoms with Gasteiger partial charge in [0.2, 0.25) is 0 Å². The quantitative estimate of drug-likeness (QED) is 0.719. The summed E-state index contributed by atoms with van der Waals surface area (Å²) in [4.78, 5) is 0. The highest BCUT2D eigenvalue weighted by atomic mass is 16.3. The van der Waals surface area contributed by atoms with Gasteiger partial charge >= 0.3 is 0 Å². The molecule has 1 aromatic heterocycles. The van der Waals surface area contributed by atoms with Crippen LogP contribution in [0.3, 0.4) is 0 Å². The van der Waals surface area contributed by atoms with Gasteiger partial charge in [-0.1, -0.05) is 12.2 Å². The molecular weight excluding hydrogens is 140 g/mol. The number of aliphatic hydroxyl groups is 1. The molecule has 1 atom stereocenters. The first-order valence-electron chi connectivity index (χ1n) is 3.66. The van der Waals surface area contributed by atoms with Gasteiger partial charge in [0.05, 0.1) is 18.6 Å². The molecule has 1 unspecified atom stereocenters. The smallest absolute Gasteiger partial charge is 0.0974 e. The summed E-state index contributed by atoms with van der Waals surface area (Å²) in [5.74, 6) is 0. The van der Waals surface area contributed by atoms with Crippen LogP contribution in [-0.4, -0.2) is 11.2 Å². The summed E-state index contributed by atoms with van der Waals surface area (Å²) in [6.07, 6.45) is 7.57. The van der Waals surface area contributed by atoms with Crippen LogP contribution >= 0.6 is 0 Å². The van der Waals surface area contributed by atoms with E-state index >= 15 is 0 Å². The third-order valence-corrected chi connectivity index (χ3v) is 1.33. The highest BCUT2D eigenvalue weighted by Gasteiger charge is 1.89. The van der Waals surface area contributed by atoms with Crippen LogP contribution in [0.5, 0.6) is 0 Å². The summed E-state index contributed by atoms with van der Waals surface area (Å²) < 4.78 is 4.86. The molecule has 60 valence electrons. The van der Waals surface area contributed by atoms with Gasteiger partial charge in [-0.15, -0.1) is 0 Å². The van der Waals surface area contributed by atoms with E-state index in [9.17, 15) is 0 Å². The van der Waals surface area contributed by atoms with Gasteiger partial charge in [0.1, 0.15) is 0 Å². The highest BCUT2D eigenvalue weighted by Crippen LogP contribution is 2.03. The Morgan fingerprint density at radius 3 is 3.09 bits per heavy atom. The van der Waals surface area contributed by atoms with Crippen molar-refractivity contribution < 1.29 is 9.52 Å². The van der Waals surface area contributed by atoms with Crippen LogP contribution in [0.15, 0.2) is 29.1 Å². The van der Waals surface area contributed by atoms with E-state index in [4.69, 9.17) is 9.52 Å². The summed E-state index contributed by atoms with van der Waals surface area (Å²) in [7, 11) is 0. The van der Waals surface area contributed by atoms with Crippen LogP contribution in [0, 0.1) is 0 Å². The van der Waals surface area contributed by atoms with Crippen LogP contribution in [0.25, 0.3) is 6.08 Å². The maximum atomic E-state index is 8.91. The summed E-state index contributed by atoms with van der Waals surface area (Å²) >= 11 is 0. The maximum absolute atomic E-state index is 8.91. The first-order chi connectivity index (χ1) is 5.29. The fraction of sp³-hybridized carbons (Fsp3) is 0.333. The van der Waals surface area contributed by atoms with E-state index in [1.54, 1.807) is 19.5 Å². The molecular formula is C9H12O2. The summed E-state index contributed by atoms with van der Waals surface area (Å²) in [6, 6.07) is 1.87. The van der Waals surface area contributed by atoms with Crippen LogP contribution in [0.2, 0.25) is 0 Å². The number of rotatable bonds is 3. The molecule has 2 heteroatoms. The third kappa shape index (κ3) is 3.05. The molecule has 0 aliphatic rings. The molecule has 1 heterocycles. The molecule has 11 heavy (non-hydrogen) atoms. The molecule has 1 rings (SSSR count). The van der Waals surface area contributed by atoms with Crippen molar-refractivity contribution in [2.75, 3.05) is 0 Å². The average molecular weight is 152 g/mol. The van der Waals surface area contributed by atoms with Crippen molar-refractivity contribution in [3.05, 3.63) is 30.2 Å². The Kier molecular flexibility index (Phi) is 2.93. The number of hydrogen-bond acceptors (Lipinski definition) is 2. The second-order valence-corrected chi connectivity index (χ2v) is 2.54. The van der Waals surface area contributed by atoms with Gasteiger partial charge in [0, 0.05) is 5.56 Å². The second kappa shape index (κ2) is 3.98. The van der Waals surface area contributed by atoms with E-state index in [2.05, 4.69) is 0 Å². The zero-order valence-corrected chi connectivity index (χ0v) is 6.53. The minimum Gasteiger partial charge on any atom is -0.472 e. The molecule has 2 nitrogen and oxygen atoms in total. The van der Waals surface area contributed by atoms with Gasteiger partial charge in [0.25, 0.3) is 0 Å². The third-order valence-electron chi connectivity index (χ3n) is 1.33. The molecule has 0 saturated heterocycles. The predicted molar refractivity (Wildman–Crippen MR) is 44.0 cm³/mol. The van der Waals surface area contributed by atoms with E-state index < -0.39 is 0 Å². The normalized spacial score (nSPS) is 14.0. The zero-order valence-electron chi connectivity index (χ0n) is 6.53. The number of furan rings is 1. The van der Waals surface area contributed by atoms with Crippen LogP contribution in [0.1, 0.15) is 18.9 Å². The summed E-state index contributed by atoms with van der Waals surface area (Å²) in [5.41, 5.74) is 1.03. The van der Waals surface area contributed by atoms with Gasteiger partial charge in [-0.2, -0.15) is 0 Å². The van der Waals surface area contributed by atoms with Crippen molar-refractivity contribution in [3.8, 4) is 0 Å². The van der Waals surface area contributed by atoms with Crippen LogP contribution < -0.4 is 0 Å². The molecule has 1 N–H and O–H groups in total.